The van der Waals surface area contributed by atoms with Gasteiger partial charge in [0.2, 0.25) is 0 Å². The molecule has 0 aromatic heterocycles. The van der Waals surface area contributed by atoms with Crippen LogP contribution in [0.2, 0.25) is 0 Å². The average molecular weight is 339 g/mol. The van der Waals surface area contributed by atoms with E-state index >= 15 is 0 Å². The molecule has 0 saturated carbocycles. The first kappa shape index (κ1) is 14.0. The van der Waals surface area contributed by atoms with Crippen LogP contribution in [0.25, 0.3) is 0 Å². The van der Waals surface area contributed by atoms with Gasteiger partial charge in [-0.25, -0.2) is 0 Å². The van der Waals surface area contributed by atoms with Crippen molar-refractivity contribution in [1.29, 1.82) is 0 Å². The predicted octanol–water partition coefficient (Wildman–Crippen LogP) is 4.09. The lowest BCUT2D eigenvalue weighted by Gasteiger charge is -2.11. The van der Waals surface area contributed by atoms with Gasteiger partial charge >= 0.3 is 0 Å². The van der Waals surface area contributed by atoms with E-state index in [4.69, 9.17) is 5.73 Å². The van der Waals surface area contributed by atoms with Gasteiger partial charge in [0.05, 0.1) is 0 Å². The number of hydrogen-bond acceptors (Lipinski definition) is 1. The molecule has 90 valence electrons. The highest BCUT2D eigenvalue weighted by Crippen LogP contribution is 2.21. The molecule has 2 aromatic carbocycles. The van der Waals surface area contributed by atoms with Gasteiger partial charge in [0.15, 0.2) is 0 Å². The second-order valence-electron chi connectivity index (χ2n) is 4.23. The Bertz CT molecular complexity index is 492. The van der Waals surface area contributed by atoms with E-state index in [1.807, 2.05) is 12.1 Å². The molecule has 2 N–H and O–H groups in total. The Morgan fingerprint density at radius 2 is 1.53 bits per heavy atom. The number of anilines is 1. The molecule has 0 aliphatic rings. The monoisotopic (exact) mass is 339 g/mol. The normalized spacial score (nSPS) is 9.76. The van der Waals surface area contributed by atoms with Gasteiger partial charge in [-0.05, 0) is 48.6 Å². The van der Waals surface area contributed by atoms with Crippen LogP contribution < -0.4 is 5.73 Å². The summed E-state index contributed by atoms with van der Waals surface area (Å²) in [6.45, 7) is 4.23. The molecule has 0 radical (unpaired) electrons. The van der Waals surface area contributed by atoms with Gasteiger partial charge in [-0.15, -0.1) is 24.0 Å². The Labute approximate surface area is 120 Å². The molecule has 0 unspecified atom stereocenters. The van der Waals surface area contributed by atoms with Crippen molar-refractivity contribution in [3.05, 3.63) is 64.7 Å². The fourth-order valence-corrected chi connectivity index (χ4v) is 1.90. The van der Waals surface area contributed by atoms with E-state index < -0.39 is 0 Å². The topological polar surface area (TPSA) is 26.0 Å². The Balaban J connectivity index is 0.00000144. The lowest BCUT2D eigenvalue weighted by atomic mass is 9.96. The zero-order valence-corrected chi connectivity index (χ0v) is 12.6. The van der Waals surface area contributed by atoms with Crippen molar-refractivity contribution in [2.75, 3.05) is 5.73 Å². The maximum Gasteiger partial charge on any atom is 0.0346 e. The Morgan fingerprint density at radius 3 is 2.18 bits per heavy atom. The van der Waals surface area contributed by atoms with Crippen molar-refractivity contribution in [2.24, 2.45) is 0 Å². The molecular weight excluding hydrogens is 321 g/mol. The van der Waals surface area contributed by atoms with Gasteiger partial charge in [-0.2, -0.15) is 0 Å². The van der Waals surface area contributed by atoms with Crippen LogP contribution >= 0.6 is 24.0 Å². The molecule has 2 heteroatoms. The molecule has 0 spiro atoms. The van der Waals surface area contributed by atoms with Crippen LogP contribution in [0, 0.1) is 13.8 Å². The molecule has 0 amide bonds. The molecule has 0 heterocycles. The van der Waals surface area contributed by atoms with Crippen LogP contribution in [0.5, 0.6) is 0 Å². The van der Waals surface area contributed by atoms with Gasteiger partial charge < -0.3 is 5.73 Å². The summed E-state index contributed by atoms with van der Waals surface area (Å²) in [7, 11) is 0. The number of rotatable bonds is 2. The average Bonchev–Trinajstić information content (AvgIpc) is 2.31. The molecule has 1 nitrogen and oxygen atoms in total. The summed E-state index contributed by atoms with van der Waals surface area (Å²) in [5.41, 5.74) is 12.0. The van der Waals surface area contributed by atoms with E-state index in [0.717, 1.165) is 12.1 Å². The van der Waals surface area contributed by atoms with Crippen LogP contribution in [0.4, 0.5) is 5.69 Å². The summed E-state index contributed by atoms with van der Waals surface area (Å²) in [6, 6.07) is 14.6. The summed E-state index contributed by atoms with van der Waals surface area (Å²) in [5.74, 6) is 0. The first-order chi connectivity index (χ1) is 7.68. The third kappa shape index (κ3) is 3.22. The van der Waals surface area contributed by atoms with Gasteiger partial charge in [-0.3, -0.25) is 0 Å². The number of nitrogen functional groups attached to an aromatic ring is 1. The number of benzene rings is 2. The first-order valence-electron chi connectivity index (χ1n) is 5.57. The summed E-state index contributed by atoms with van der Waals surface area (Å²) in [4.78, 5) is 0. The standard InChI is InChI=1S/C15H17N.HI/c1-11-12(2)15(16)9-8-14(11)10-13-6-4-3-5-7-13;/h3-9H,10,16H2,1-2H3;1H. The molecular formula is C15H18IN. The number of hydrogen-bond donors (Lipinski definition) is 1. The molecule has 2 rings (SSSR count). The minimum absolute atomic E-state index is 0. The van der Waals surface area contributed by atoms with Crippen LogP contribution in [0.3, 0.4) is 0 Å². The largest absolute Gasteiger partial charge is 0.399 e. The fourth-order valence-electron chi connectivity index (χ4n) is 1.90. The van der Waals surface area contributed by atoms with E-state index in [2.05, 4.69) is 44.2 Å². The van der Waals surface area contributed by atoms with Gasteiger partial charge in [-0.1, -0.05) is 36.4 Å². The zero-order valence-electron chi connectivity index (χ0n) is 10.2. The van der Waals surface area contributed by atoms with Crippen molar-refractivity contribution in [2.45, 2.75) is 20.3 Å². The molecule has 0 aliphatic heterocycles. The highest BCUT2D eigenvalue weighted by molar-refractivity contribution is 14.0. The quantitative estimate of drug-likeness (QED) is 0.647. The predicted molar refractivity (Wildman–Crippen MR) is 85.0 cm³/mol. The minimum Gasteiger partial charge on any atom is -0.399 e. The third-order valence-corrected chi connectivity index (χ3v) is 3.18. The molecule has 17 heavy (non-hydrogen) atoms. The van der Waals surface area contributed by atoms with E-state index in [1.165, 1.54) is 22.3 Å². The van der Waals surface area contributed by atoms with Crippen LogP contribution in [0.15, 0.2) is 42.5 Å². The molecule has 0 atom stereocenters. The molecule has 0 aliphatic carbocycles. The van der Waals surface area contributed by atoms with Crippen LogP contribution in [-0.4, -0.2) is 0 Å². The Kier molecular flexibility index (Phi) is 5.00. The van der Waals surface area contributed by atoms with Gasteiger partial charge in [0.1, 0.15) is 0 Å². The third-order valence-electron chi connectivity index (χ3n) is 3.18. The van der Waals surface area contributed by atoms with Crippen molar-refractivity contribution >= 4 is 29.7 Å². The molecule has 2 aromatic rings. The second-order valence-corrected chi connectivity index (χ2v) is 4.23. The summed E-state index contributed by atoms with van der Waals surface area (Å²) in [5, 5.41) is 0. The van der Waals surface area contributed by atoms with E-state index in [-0.39, 0.29) is 24.0 Å². The minimum atomic E-state index is 0. The maximum absolute atomic E-state index is 5.88. The molecule has 0 saturated heterocycles. The van der Waals surface area contributed by atoms with E-state index in [9.17, 15) is 0 Å². The van der Waals surface area contributed by atoms with Crippen molar-refractivity contribution < 1.29 is 0 Å². The highest BCUT2D eigenvalue weighted by atomic mass is 127. The number of halogens is 1. The zero-order chi connectivity index (χ0) is 11.5. The SMILES string of the molecule is Cc1c(N)ccc(Cc2ccccc2)c1C.I. The molecule has 0 fully saturated rings. The lowest BCUT2D eigenvalue weighted by molar-refractivity contribution is 1.14. The van der Waals surface area contributed by atoms with Crippen LogP contribution in [0.1, 0.15) is 22.3 Å². The highest BCUT2D eigenvalue weighted by Gasteiger charge is 2.04. The summed E-state index contributed by atoms with van der Waals surface area (Å²) < 4.78 is 0. The van der Waals surface area contributed by atoms with Gasteiger partial charge in [0.25, 0.3) is 0 Å². The Hall–Kier alpha value is -1.03. The maximum atomic E-state index is 5.88. The van der Waals surface area contributed by atoms with E-state index in [1.54, 1.807) is 0 Å². The van der Waals surface area contributed by atoms with Crippen molar-refractivity contribution in [3.8, 4) is 0 Å². The van der Waals surface area contributed by atoms with Crippen molar-refractivity contribution in [3.63, 3.8) is 0 Å². The number of nitrogens with two attached hydrogens (primary N) is 1. The molecule has 0 bridgehead atoms. The fraction of sp³-hybridized carbons (Fsp3) is 0.200. The summed E-state index contributed by atoms with van der Waals surface area (Å²) in [6.07, 6.45) is 0.980. The first-order valence-corrected chi connectivity index (χ1v) is 5.57. The van der Waals surface area contributed by atoms with Crippen LogP contribution in [-0.2, 0) is 6.42 Å². The summed E-state index contributed by atoms with van der Waals surface area (Å²) >= 11 is 0. The smallest absolute Gasteiger partial charge is 0.0346 e. The van der Waals surface area contributed by atoms with E-state index in [0.29, 0.717) is 0 Å². The van der Waals surface area contributed by atoms with Crippen molar-refractivity contribution in [1.82, 2.24) is 0 Å². The lowest BCUT2D eigenvalue weighted by Crippen LogP contribution is -1.98. The second kappa shape index (κ2) is 6.05. The Morgan fingerprint density at radius 1 is 0.882 bits per heavy atom. The van der Waals surface area contributed by atoms with Gasteiger partial charge in [0, 0.05) is 5.69 Å².